The number of fused-ring (bicyclic) bond motifs is 1. The fourth-order valence-corrected chi connectivity index (χ4v) is 2.28. The predicted octanol–water partition coefficient (Wildman–Crippen LogP) is 3.63. The normalized spacial score (nSPS) is 11.1. The summed E-state index contributed by atoms with van der Waals surface area (Å²) in [6.45, 7) is 8.97. The second kappa shape index (κ2) is 6.04. The smallest absolute Gasteiger partial charge is 0.252 e. The van der Waals surface area contributed by atoms with Crippen molar-refractivity contribution in [3.63, 3.8) is 0 Å². The minimum atomic E-state index is -0.00764. The summed E-state index contributed by atoms with van der Waals surface area (Å²) in [5, 5.41) is 3.93. The maximum Gasteiger partial charge on any atom is 0.252 e. The molecule has 0 saturated carbocycles. The van der Waals surface area contributed by atoms with Crippen molar-refractivity contribution in [3.05, 3.63) is 41.1 Å². The van der Waals surface area contributed by atoms with Gasteiger partial charge in [0.15, 0.2) is 0 Å². The molecule has 0 saturated heterocycles. The van der Waals surface area contributed by atoms with Gasteiger partial charge >= 0.3 is 0 Å². The van der Waals surface area contributed by atoms with Crippen molar-refractivity contribution in [3.8, 4) is 0 Å². The van der Waals surface area contributed by atoms with Crippen LogP contribution in [-0.4, -0.2) is 17.4 Å². The van der Waals surface area contributed by atoms with E-state index in [1.165, 1.54) is 0 Å². The van der Waals surface area contributed by atoms with Gasteiger partial charge in [-0.2, -0.15) is 0 Å². The predicted molar refractivity (Wildman–Crippen MR) is 83.0 cm³/mol. The number of para-hydroxylation sites is 1. The summed E-state index contributed by atoms with van der Waals surface area (Å²) in [6.07, 6.45) is 0.993. The zero-order valence-corrected chi connectivity index (χ0v) is 12.7. The minimum Gasteiger partial charge on any atom is -0.352 e. The fourth-order valence-electron chi connectivity index (χ4n) is 2.28. The van der Waals surface area contributed by atoms with Crippen molar-refractivity contribution in [1.29, 1.82) is 0 Å². The molecule has 0 aliphatic carbocycles. The maximum atomic E-state index is 12.4. The molecule has 1 amide bonds. The van der Waals surface area contributed by atoms with Crippen molar-refractivity contribution in [2.45, 2.75) is 34.1 Å². The summed E-state index contributed by atoms with van der Waals surface area (Å²) in [4.78, 5) is 16.9. The van der Waals surface area contributed by atoms with E-state index in [0.717, 1.165) is 34.1 Å². The van der Waals surface area contributed by atoms with Crippen molar-refractivity contribution in [2.24, 2.45) is 5.92 Å². The number of carbonyl (C=O) groups is 1. The molecule has 106 valence electrons. The summed E-state index contributed by atoms with van der Waals surface area (Å²) in [7, 11) is 0. The number of hydrogen-bond acceptors (Lipinski definition) is 2. The lowest BCUT2D eigenvalue weighted by Gasteiger charge is -2.11. The van der Waals surface area contributed by atoms with Gasteiger partial charge < -0.3 is 5.32 Å². The molecule has 2 rings (SSSR count). The van der Waals surface area contributed by atoms with E-state index in [9.17, 15) is 4.79 Å². The molecule has 0 fully saturated rings. The summed E-state index contributed by atoms with van der Waals surface area (Å²) in [5.41, 5.74) is 3.62. The highest BCUT2D eigenvalue weighted by molar-refractivity contribution is 6.06. The number of hydrogen-bond donors (Lipinski definition) is 1. The highest BCUT2D eigenvalue weighted by Gasteiger charge is 2.12. The van der Waals surface area contributed by atoms with Gasteiger partial charge in [0.2, 0.25) is 0 Å². The van der Waals surface area contributed by atoms with E-state index >= 15 is 0 Å². The van der Waals surface area contributed by atoms with Crippen LogP contribution in [0.2, 0.25) is 0 Å². The van der Waals surface area contributed by atoms with E-state index in [0.29, 0.717) is 12.5 Å². The molecule has 1 aromatic heterocycles. The fraction of sp³-hybridized carbons (Fsp3) is 0.412. The maximum absolute atomic E-state index is 12.4. The quantitative estimate of drug-likeness (QED) is 0.921. The van der Waals surface area contributed by atoms with Gasteiger partial charge in [-0.1, -0.05) is 32.0 Å². The van der Waals surface area contributed by atoms with Gasteiger partial charge in [-0.25, -0.2) is 0 Å². The molecule has 0 bridgehead atoms. The molecule has 0 radical (unpaired) electrons. The topological polar surface area (TPSA) is 42.0 Å². The van der Waals surface area contributed by atoms with Crippen LogP contribution in [0.3, 0.4) is 0 Å². The molecule has 0 unspecified atom stereocenters. The first-order valence-corrected chi connectivity index (χ1v) is 7.14. The van der Waals surface area contributed by atoms with Crippen LogP contribution in [0.1, 0.15) is 41.9 Å². The lowest BCUT2D eigenvalue weighted by molar-refractivity contribution is 0.0953. The van der Waals surface area contributed by atoms with Crippen LogP contribution in [-0.2, 0) is 0 Å². The molecule has 1 heterocycles. The largest absolute Gasteiger partial charge is 0.352 e. The van der Waals surface area contributed by atoms with Crippen LogP contribution in [0.4, 0.5) is 0 Å². The number of carbonyl (C=O) groups excluding carboxylic acids is 1. The van der Waals surface area contributed by atoms with E-state index < -0.39 is 0 Å². The van der Waals surface area contributed by atoms with Crippen LogP contribution in [0.5, 0.6) is 0 Å². The zero-order chi connectivity index (χ0) is 14.7. The second-order valence-electron chi connectivity index (χ2n) is 5.72. The van der Waals surface area contributed by atoms with Crippen LogP contribution in [0.25, 0.3) is 10.9 Å². The highest BCUT2D eigenvalue weighted by atomic mass is 16.1. The Hall–Kier alpha value is -1.90. The Morgan fingerprint density at radius 3 is 2.75 bits per heavy atom. The van der Waals surface area contributed by atoms with E-state index in [2.05, 4.69) is 24.1 Å². The second-order valence-corrected chi connectivity index (χ2v) is 5.72. The number of aryl methyl sites for hydroxylation is 2. The minimum absolute atomic E-state index is 0.00764. The Morgan fingerprint density at radius 1 is 1.30 bits per heavy atom. The molecule has 0 atom stereocenters. The first kappa shape index (κ1) is 14.5. The Labute approximate surface area is 120 Å². The zero-order valence-electron chi connectivity index (χ0n) is 12.7. The number of rotatable bonds is 4. The van der Waals surface area contributed by atoms with Crippen molar-refractivity contribution >= 4 is 16.8 Å². The number of nitrogens with one attached hydrogen (secondary N) is 1. The molecule has 0 aliphatic heterocycles. The number of aromatic nitrogens is 1. The van der Waals surface area contributed by atoms with Gasteiger partial charge in [-0.3, -0.25) is 9.78 Å². The standard InChI is InChI=1S/C17H22N2O/c1-11(2)8-9-18-17(20)15-10-13(4)19-16-12(3)6-5-7-14(15)16/h5-7,10-11H,8-9H2,1-4H3,(H,18,20). The molecular formula is C17H22N2O. The first-order chi connectivity index (χ1) is 9.49. The molecule has 3 heteroatoms. The third kappa shape index (κ3) is 3.16. The summed E-state index contributed by atoms with van der Waals surface area (Å²) < 4.78 is 0. The molecular weight excluding hydrogens is 248 g/mol. The first-order valence-electron chi connectivity index (χ1n) is 7.14. The Balaban J connectivity index is 2.33. The number of benzene rings is 1. The molecule has 2 aromatic rings. The van der Waals surface area contributed by atoms with Gasteiger partial charge in [0.25, 0.3) is 5.91 Å². The third-order valence-electron chi connectivity index (χ3n) is 3.42. The van der Waals surface area contributed by atoms with Crippen molar-refractivity contribution in [2.75, 3.05) is 6.54 Å². The molecule has 20 heavy (non-hydrogen) atoms. The Morgan fingerprint density at radius 2 is 2.05 bits per heavy atom. The van der Waals surface area contributed by atoms with Gasteiger partial charge in [0.1, 0.15) is 0 Å². The van der Waals surface area contributed by atoms with Gasteiger partial charge in [-0.05, 0) is 37.8 Å². The summed E-state index contributed by atoms with van der Waals surface area (Å²) >= 11 is 0. The van der Waals surface area contributed by atoms with Crippen LogP contribution >= 0.6 is 0 Å². The summed E-state index contributed by atoms with van der Waals surface area (Å²) in [5.74, 6) is 0.584. The monoisotopic (exact) mass is 270 g/mol. The van der Waals surface area contributed by atoms with Crippen LogP contribution < -0.4 is 5.32 Å². The van der Waals surface area contributed by atoms with Crippen LogP contribution in [0, 0.1) is 19.8 Å². The van der Waals surface area contributed by atoms with Crippen LogP contribution in [0.15, 0.2) is 24.3 Å². The van der Waals surface area contributed by atoms with E-state index in [4.69, 9.17) is 0 Å². The molecule has 3 nitrogen and oxygen atoms in total. The Bertz CT molecular complexity index is 632. The van der Waals surface area contributed by atoms with Crippen molar-refractivity contribution in [1.82, 2.24) is 10.3 Å². The third-order valence-corrected chi connectivity index (χ3v) is 3.42. The van der Waals surface area contributed by atoms with Gasteiger partial charge in [0.05, 0.1) is 11.1 Å². The average molecular weight is 270 g/mol. The van der Waals surface area contributed by atoms with E-state index in [-0.39, 0.29) is 5.91 Å². The number of pyridine rings is 1. The molecule has 0 spiro atoms. The number of amides is 1. The summed E-state index contributed by atoms with van der Waals surface area (Å²) in [6, 6.07) is 7.83. The van der Waals surface area contributed by atoms with E-state index in [1.807, 2.05) is 38.1 Å². The number of nitrogens with zero attached hydrogens (tertiary/aromatic N) is 1. The van der Waals surface area contributed by atoms with Crippen molar-refractivity contribution < 1.29 is 4.79 Å². The molecule has 1 N–H and O–H groups in total. The highest BCUT2D eigenvalue weighted by Crippen LogP contribution is 2.21. The molecule has 1 aromatic carbocycles. The van der Waals surface area contributed by atoms with Gasteiger partial charge in [-0.15, -0.1) is 0 Å². The van der Waals surface area contributed by atoms with Gasteiger partial charge in [0, 0.05) is 17.6 Å². The lowest BCUT2D eigenvalue weighted by Crippen LogP contribution is -2.25. The average Bonchev–Trinajstić information content (AvgIpc) is 2.38. The Kier molecular flexibility index (Phi) is 4.38. The lowest BCUT2D eigenvalue weighted by atomic mass is 10.0. The molecule has 0 aliphatic rings. The SMILES string of the molecule is Cc1cc(C(=O)NCCC(C)C)c2cccc(C)c2n1. The van der Waals surface area contributed by atoms with E-state index in [1.54, 1.807) is 0 Å².